The lowest BCUT2D eigenvalue weighted by atomic mass is 9.81. The molecule has 0 amide bonds. The second-order valence-corrected chi connectivity index (χ2v) is 7.65. The molecule has 0 aromatic carbocycles. The molecule has 0 spiro atoms. The molecule has 30 heavy (non-hydrogen) atoms. The predicted molar refractivity (Wildman–Crippen MR) is 112 cm³/mol. The molecule has 3 aromatic rings. The first kappa shape index (κ1) is 20.6. The third-order valence-electron chi connectivity index (χ3n) is 5.48. The van der Waals surface area contributed by atoms with E-state index >= 15 is 0 Å². The second kappa shape index (κ2) is 8.62. The highest BCUT2D eigenvalue weighted by Crippen LogP contribution is 2.42. The highest BCUT2D eigenvalue weighted by Gasteiger charge is 2.34. The number of aromatic nitrogens is 3. The molecule has 3 heterocycles. The van der Waals surface area contributed by atoms with Crippen LogP contribution in [0.4, 0.5) is 14.6 Å². The van der Waals surface area contributed by atoms with Gasteiger partial charge in [-0.2, -0.15) is 13.8 Å². The first-order chi connectivity index (χ1) is 14.5. The van der Waals surface area contributed by atoms with Gasteiger partial charge in [0.15, 0.2) is 5.82 Å². The molecule has 2 atom stereocenters. The van der Waals surface area contributed by atoms with Gasteiger partial charge in [-0.05, 0) is 43.5 Å². The van der Waals surface area contributed by atoms with E-state index in [0.29, 0.717) is 22.5 Å². The quantitative estimate of drug-likeness (QED) is 0.435. The molecule has 3 aromatic heterocycles. The first-order valence-corrected chi connectivity index (χ1v) is 10.2. The largest absolute Gasteiger partial charge is 0.467 e. The van der Waals surface area contributed by atoms with Crippen molar-refractivity contribution in [3.05, 3.63) is 40.7 Å². The van der Waals surface area contributed by atoms with E-state index in [2.05, 4.69) is 27.1 Å². The molecular weight excluding hydrogens is 412 g/mol. The monoisotopic (exact) mass is 433 g/mol. The maximum Gasteiger partial charge on any atom is 0.319 e. The minimum Gasteiger partial charge on any atom is -0.467 e. The number of nitrogens with zero attached hydrogens (tertiary/aromatic N) is 3. The Morgan fingerprint density at radius 2 is 2.17 bits per heavy atom. The van der Waals surface area contributed by atoms with Crippen LogP contribution in [0.1, 0.15) is 62.1 Å². The van der Waals surface area contributed by atoms with Crippen molar-refractivity contribution in [2.75, 3.05) is 5.32 Å². The molecule has 1 saturated carbocycles. The van der Waals surface area contributed by atoms with Crippen LogP contribution in [0.15, 0.2) is 22.8 Å². The fourth-order valence-corrected chi connectivity index (χ4v) is 4.38. The molecule has 6 nitrogen and oxygen atoms in total. The lowest BCUT2D eigenvalue weighted by Crippen LogP contribution is -2.33. The maximum atomic E-state index is 14.4. The molecule has 4 rings (SSSR count). The van der Waals surface area contributed by atoms with Crippen molar-refractivity contribution >= 4 is 28.5 Å². The third kappa shape index (κ3) is 3.75. The van der Waals surface area contributed by atoms with Crippen LogP contribution >= 0.6 is 11.6 Å². The van der Waals surface area contributed by atoms with Crippen molar-refractivity contribution in [3.8, 4) is 11.8 Å². The van der Waals surface area contributed by atoms with E-state index in [-0.39, 0.29) is 35.1 Å². The molecule has 1 aliphatic carbocycles. The van der Waals surface area contributed by atoms with Crippen LogP contribution < -0.4 is 11.1 Å². The summed E-state index contributed by atoms with van der Waals surface area (Å²) >= 11 is 6.16. The van der Waals surface area contributed by atoms with Crippen molar-refractivity contribution in [1.29, 1.82) is 0 Å². The van der Waals surface area contributed by atoms with Gasteiger partial charge in [-0.3, -0.25) is 4.57 Å². The maximum absolute atomic E-state index is 14.4. The summed E-state index contributed by atoms with van der Waals surface area (Å²) in [6.45, 7) is -0.885. The average Bonchev–Trinajstić information content (AvgIpc) is 3.33. The number of rotatable bonds is 5. The van der Waals surface area contributed by atoms with E-state index < -0.39 is 6.55 Å². The lowest BCUT2D eigenvalue weighted by molar-refractivity contribution is 0.0699. The predicted octanol–water partition coefficient (Wildman–Crippen LogP) is 5.04. The van der Waals surface area contributed by atoms with Crippen LogP contribution in [0, 0.1) is 11.8 Å². The van der Waals surface area contributed by atoms with Crippen molar-refractivity contribution in [2.45, 2.75) is 57.7 Å². The summed E-state index contributed by atoms with van der Waals surface area (Å²) in [5.74, 6) is 6.41. The Morgan fingerprint density at radius 3 is 2.83 bits per heavy atom. The number of nitrogens with two attached hydrogens (primary N) is 1. The zero-order valence-electron chi connectivity index (χ0n) is 16.5. The third-order valence-corrected chi connectivity index (χ3v) is 5.65. The molecule has 1 fully saturated rings. The van der Waals surface area contributed by atoms with Gasteiger partial charge in [0.2, 0.25) is 5.28 Å². The Morgan fingerprint density at radius 1 is 1.37 bits per heavy atom. The van der Waals surface area contributed by atoms with E-state index in [0.717, 1.165) is 30.3 Å². The van der Waals surface area contributed by atoms with Gasteiger partial charge in [-0.25, -0.2) is 4.98 Å². The van der Waals surface area contributed by atoms with E-state index in [1.807, 2.05) is 0 Å². The summed E-state index contributed by atoms with van der Waals surface area (Å²) < 4.78 is 35.2. The van der Waals surface area contributed by atoms with Gasteiger partial charge in [0.1, 0.15) is 16.8 Å². The van der Waals surface area contributed by atoms with Gasteiger partial charge < -0.3 is 15.5 Å². The Kier molecular flexibility index (Phi) is 5.93. The average molecular weight is 434 g/mol. The molecule has 9 heteroatoms. The van der Waals surface area contributed by atoms with E-state index in [9.17, 15) is 8.78 Å². The van der Waals surface area contributed by atoms with Gasteiger partial charge in [-0.1, -0.05) is 18.8 Å². The number of hydrogen-bond acceptors (Lipinski definition) is 5. The van der Waals surface area contributed by atoms with Crippen LogP contribution in [0.25, 0.3) is 11.0 Å². The highest BCUT2D eigenvalue weighted by atomic mass is 35.5. The van der Waals surface area contributed by atoms with Crippen LogP contribution in [0.2, 0.25) is 5.28 Å². The van der Waals surface area contributed by atoms with Gasteiger partial charge in [0, 0.05) is 17.7 Å². The molecule has 0 saturated heterocycles. The number of furan rings is 1. The van der Waals surface area contributed by atoms with Gasteiger partial charge in [0.25, 0.3) is 0 Å². The molecule has 1 aliphatic rings. The second-order valence-electron chi connectivity index (χ2n) is 7.31. The van der Waals surface area contributed by atoms with Crippen LogP contribution in [-0.4, -0.2) is 20.6 Å². The molecule has 0 bridgehead atoms. The van der Waals surface area contributed by atoms with Crippen LogP contribution in [-0.2, 0) is 6.54 Å². The molecule has 0 radical (unpaired) electrons. The van der Waals surface area contributed by atoms with Crippen molar-refractivity contribution in [1.82, 2.24) is 14.5 Å². The molecule has 3 N–H and O–H groups in total. The number of fused-ring (bicyclic) bond motifs is 1. The van der Waals surface area contributed by atoms with Gasteiger partial charge in [0.05, 0.1) is 18.4 Å². The summed E-state index contributed by atoms with van der Waals surface area (Å²) in [7, 11) is 0. The summed E-state index contributed by atoms with van der Waals surface area (Å²) in [5.41, 5.74) is 7.70. The fourth-order valence-electron chi connectivity index (χ4n) is 4.21. The summed E-state index contributed by atoms with van der Waals surface area (Å²) in [4.78, 5) is 8.47. The van der Waals surface area contributed by atoms with Crippen molar-refractivity contribution < 1.29 is 13.2 Å². The topological polar surface area (TPSA) is 81.9 Å². The molecular formula is C21H22ClF2N5O. The Balaban J connectivity index is 1.95. The Labute approximate surface area is 177 Å². The minimum atomic E-state index is -2.81. The summed E-state index contributed by atoms with van der Waals surface area (Å²) in [6, 6.07) is 3.30. The van der Waals surface area contributed by atoms with E-state index in [1.165, 1.54) is 0 Å². The molecule has 0 unspecified atom stereocenters. The highest BCUT2D eigenvalue weighted by molar-refractivity contribution is 6.28. The number of hydrogen-bond donors (Lipinski definition) is 2. The van der Waals surface area contributed by atoms with Gasteiger partial charge >= 0.3 is 6.55 Å². The van der Waals surface area contributed by atoms with Crippen molar-refractivity contribution in [2.24, 2.45) is 5.73 Å². The Bertz CT molecular complexity index is 1100. The summed E-state index contributed by atoms with van der Waals surface area (Å²) in [6.07, 6.45) is 4.96. The van der Waals surface area contributed by atoms with E-state index in [4.69, 9.17) is 21.8 Å². The minimum absolute atomic E-state index is 0.0468. The number of alkyl halides is 2. The van der Waals surface area contributed by atoms with Crippen LogP contribution in [0.3, 0.4) is 0 Å². The van der Waals surface area contributed by atoms with E-state index in [1.54, 1.807) is 25.3 Å². The molecule has 158 valence electrons. The fraction of sp³-hybridized carbons (Fsp3) is 0.429. The zero-order chi connectivity index (χ0) is 21.3. The normalized spacial score (nSPS) is 19.1. The lowest BCUT2D eigenvalue weighted by Gasteiger charge is -2.30. The summed E-state index contributed by atoms with van der Waals surface area (Å²) in [5, 5.41) is 3.01. The smallest absolute Gasteiger partial charge is 0.319 e. The van der Waals surface area contributed by atoms with Crippen molar-refractivity contribution in [3.63, 3.8) is 0 Å². The number of nitrogens with one attached hydrogen (secondary N) is 1. The molecule has 0 aliphatic heterocycles. The number of halogens is 3. The zero-order valence-corrected chi connectivity index (χ0v) is 17.2. The SMILES string of the molecule is CC#Cc1c([C@@H]2CCCC[C@H]2N)n(C(F)F)c2c(NCc3ccco3)nc(Cl)nc12. The number of anilines is 1. The standard InChI is InChI=1S/C21H22ClF2N5O/c1-2-6-14-16-18(19(28-20(22)27-16)26-11-12-7-5-10-30-12)29(21(23)24)17(14)13-8-3-4-9-15(13)25/h5,7,10,13,15,21H,3-4,8-9,11,25H2,1H3,(H,26,27,28)/t13-,15-/m1/s1. The van der Waals surface area contributed by atoms with Crippen LogP contribution in [0.5, 0.6) is 0 Å². The first-order valence-electron chi connectivity index (χ1n) is 9.85. The van der Waals surface area contributed by atoms with Gasteiger partial charge in [-0.15, -0.1) is 5.92 Å². The Hall–Kier alpha value is -2.63.